The molecule has 2 nitrogen and oxygen atoms in total. The third kappa shape index (κ3) is 2.75. The summed E-state index contributed by atoms with van der Waals surface area (Å²) in [5.41, 5.74) is 9.20. The fraction of sp³-hybridized carbons (Fsp3) is 0.0286. The van der Waals surface area contributed by atoms with Crippen LogP contribution in [0.1, 0.15) is 22.3 Å². The molecule has 1 aliphatic heterocycles. The van der Waals surface area contributed by atoms with Crippen molar-refractivity contribution < 1.29 is 4.74 Å². The summed E-state index contributed by atoms with van der Waals surface area (Å²) in [6.45, 7) is 0. The monoisotopic (exact) mass is 473 g/mol. The molecule has 6 aromatic rings. The van der Waals surface area contributed by atoms with Gasteiger partial charge in [-0.2, -0.15) is 0 Å². The van der Waals surface area contributed by atoms with Crippen LogP contribution in [0.4, 0.5) is 11.4 Å². The summed E-state index contributed by atoms with van der Waals surface area (Å²) < 4.78 is 6.62. The van der Waals surface area contributed by atoms with Gasteiger partial charge in [0.15, 0.2) is 0 Å². The fourth-order valence-corrected chi connectivity index (χ4v) is 6.44. The molecule has 0 saturated carbocycles. The number of benzene rings is 6. The van der Waals surface area contributed by atoms with E-state index in [0.717, 1.165) is 22.9 Å². The van der Waals surface area contributed by atoms with Crippen molar-refractivity contribution in [2.24, 2.45) is 0 Å². The van der Waals surface area contributed by atoms with Gasteiger partial charge in [-0.05, 0) is 57.3 Å². The fourth-order valence-electron chi connectivity index (χ4n) is 6.44. The lowest BCUT2D eigenvalue weighted by Crippen LogP contribution is -2.32. The van der Waals surface area contributed by atoms with Crippen LogP contribution in [-0.4, -0.2) is 0 Å². The van der Waals surface area contributed by atoms with Crippen molar-refractivity contribution in [2.45, 2.75) is 5.41 Å². The zero-order valence-corrected chi connectivity index (χ0v) is 20.1. The Morgan fingerprint density at radius 2 is 1.19 bits per heavy atom. The van der Waals surface area contributed by atoms with Crippen molar-refractivity contribution in [3.63, 3.8) is 0 Å². The molecule has 2 heteroatoms. The number of hydrogen-bond donors (Lipinski definition) is 1. The van der Waals surface area contributed by atoms with Crippen LogP contribution in [0.2, 0.25) is 0 Å². The van der Waals surface area contributed by atoms with E-state index in [4.69, 9.17) is 4.74 Å². The van der Waals surface area contributed by atoms with Crippen LogP contribution in [0.15, 0.2) is 133 Å². The summed E-state index contributed by atoms with van der Waals surface area (Å²) in [6, 6.07) is 47.5. The van der Waals surface area contributed by atoms with Crippen molar-refractivity contribution in [1.29, 1.82) is 0 Å². The molecule has 37 heavy (non-hydrogen) atoms. The maximum atomic E-state index is 6.62. The number of fused-ring (bicyclic) bond motifs is 11. The first kappa shape index (κ1) is 20.4. The molecule has 0 fully saturated rings. The van der Waals surface area contributed by atoms with E-state index >= 15 is 0 Å². The Balaban J connectivity index is 1.45. The minimum Gasteiger partial charge on any atom is -0.457 e. The number of para-hydroxylation sites is 2. The lowest BCUT2D eigenvalue weighted by molar-refractivity contribution is 0.436. The van der Waals surface area contributed by atoms with Gasteiger partial charge in [0, 0.05) is 28.6 Å². The van der Waals surface area contributed by atoms with Crippen LogP contribution in [0.25, 0.3) is 21.9 Å². The molecule has 174 valence electrons. The van der Waals surface area contributed by atoms with Gasteiger partial charge >= 0.3 is 0 Å². The predicted molar refractivity (Wildman–Crippen MR) is 151 cm³/mol. The minimum absolute atomic E-state index is 0.453. The zero-order valence-electron chi connectivity index (χ0n) is 20.1. The first-order chi connectivity index (χ1) is 18.3. The van der Waals surface area contributed by atoms with E-state index in [-0.39, 0.29) is 0 Å². The van der Waals surface area contributed by atoms with Crippen molar-refractivity contribution in [2.75, 3.05) is 5.32 Å². The summed E-state index contributed by atoms with van der Waals surface area (Å²) in [6.07, 6.45) is 0. The molecule has 8 rings (SSSR count). The number of nitrogens with one attached hydrogen (secondary N) is 1. The van der Waals surface area contributed by atoms with E-state index in [9.17, 15) is 0 Å². The number of ether oxygens (including phenoxy) is 1. The van der Waals surface area contributed by atoms with Gasteiger partial charge in [-0.15, -0.1) is 0 Å². The van der Waals surface area contributed by atoms with Crippen LogP contribution < -0.4 is 10.1 Å². The van der Waals surface area contributed by atoms with Crippen LogP contribution in [0.5, 0.6) is 11.5 Å². The molecular formula is C35H23NO. The van der Waals surface area contributed by atoms with Crippen molar-refractivity contribution in [1.82, 2.24) is 0 Å². The highest BCUT2D eigenvalue weighted by atomic mass is 16.5. The highest BCUT2D eigenvalue weighted by molar-refractivity contribution is 6.04. The Morgan fingerprint density at radius 1 is 0.486 bits per heavy atom. The van der Waals surface area contributed by atoms with Gasteiger partial charge in [-0.1, -0.05) is 103 Å². The van der Waals surface area contributed by atoms with E-state index in [1.165, 1.54) is 44.2 Å². The highest BCUT2D eigenvalue weighted by Crippen LogP contribution is 2.63. The molecule has 0 amide bonds. The largest absolute Gasteiger partial charge is 0.457 e. The summed E-state index contributed by atoms with van der Waals surface area (Å²) in [5.74, 6) is 1.79. The molecular weight excluding hydrogens is 450 g/mol. The molecule has 0 aromatic heterocycles. The maximum absolute atomic E-state index is 6.62. The van der Waals surface area contributed by atoms with Crippen molar-refractivity contribution >= 4 is 22.1 Å². The molecule has 1 heterocycles. The van der Waals surface area contributed by atoms with E-state index in [1.807, 2.05) is 18.2 Å². The van der Waals surface area contributed by atoms with Gasteiger partial charge in [0.25, 0.3) is 0 Å². The van der Waals surface area contributed by atoms with Gasteiger partial charge in [0.05, 0.1) is 5.41 Å². The first-order valence-electron chi connectivity index (χ1n) is 12.7. The Labute approximate surface area is 215 Å². The van der Waals surface area contributed by atoms with Gasteiger partial charge in [-0.25, -0.2) is 0 Å². The van der Waals surface area contributed by atoms with Crippen molar-refractivity contribution in [3.8, 4) is 22.6 Å². The minimum atomic E-state index is -0.453. The summed E-state index contributed by atoms with van der Waals surface area (Å²) in [4.78, 5) is 0. The Hall–Kier alpha value is -4.82. The second kappa shape index (κ2) is 7.59. The summed E-state index contributed by atoms with van der Waals surface area (Å²) >= 11 is 0. The lowest BCUT2D eigenvalue weighted by Gasteiger charge is -2.39. The average molecular weight is 474 g/mol. The molecule has 1 aliphatic carbocycles. The van der Waals surface area contributed by atoms with Gasteiger partial charge in [0.2, 0.25) is 0 Å². The standard InChI is InChI=1S/C35H23NO/c1-2-11-24(12-3-1)36-25-19-21-30-33(22-25)37-32-17-9-8-16-29(32)35(30)28-15-7-6-14-27(28)34-26-13-5-4-10-23(26)18-20-31(34)35/h1-22,36H. The Bertz CT molecular complexity index is 1840. The van der Waals surface area contributed by atoms with Crippen LogP contribution in [0.3, 0.4) is 0 Å². The number of rotatable bonds is 2. The molecule has 1 atom stereocenters. The van der Waals surface area contributed by atoms with Gasteiger partial charge in [-0.3, -0.25) is 0 Å². The van der Waals surface area contributed by atoms with Crippen LogP contribution in [-0.2, 0) is 5.41 Å². The molecule has 6 aromatic carbocycles. The smallest absolute Gasteiger partial charge is 0.134 e. The normalized spacial score (nSPS) is 16.4. The Morgan fingerprint density at radius 3 is 2.11 bits per heavy atom. The molecule has 0 saturated heterocycles. The molecule has 1 N–H and O–H groups in total. The zero-order chi connectivity index (χ0) is 24.4. The molecule has 0 bridgehead atoms. The van der Waals surface area contributed by atoms with Gasteiger partial charge in [0.1, 0.15) is 11.5 Å². The molecule has 2 aliphatic rings. The van der Waals surface area contributed by atoms with E-state index in [0.29, 0.717) is 0 Å². The van der Waals surface area contributed by atoms with E-state index in [1.54, 1.807) is 0 Å². The Kier molecular flexibility index (Phi) is 4.18. The third-order valence-electron chi connectivity index (χ3n) is 7.89. The maximum Gasteiger partial charge on any atom is 0.134 e. The van der Waals surface area contributed by atoms with E-state index in [2.05, 4.69) is 121 Å². The predicted octanol–water partition coefficient (Wildman–Crippen LogP) is 9.05. The molecule has 1 unspecified atom stereocenters. The molecule has 0 radical (unpaired) electrons. The molecule has 1 spiro atoms. The second-order valence-corrected chi connectivity index (χ2v) is 9.81. The van der Waals surface area contributed by atoms with Crippen molar-refractivity contribution in [3.05, 3.63) is 156 Å². The first-order valence-corrected chi connectivity index (χ1v) is 12.7. The quantitative estimate of drug-likeness (QED) is 0.270. The summed E-state index contributed by atoms with van der Waals surface area (Å²) in [5, 5.41) is 6.09. The van der Waals surface area contributed by atoms with Gasteiger partial charge < -0.3 is 10.1 Å². The third-order valence-corrected chi connectivity index (χ3v) is 7.89. The topological polar surface area (TPSA) is 21.3 Å². The van der Waals surface area contributed by atoms with Crippen LogP contribution in [0, 0.1) is 0 Å². The van der Waals surface area contributed by atoms with E-state index < -0.39 is 5.41 Å². The van der Waals surface area contributed by atoms with Crippen LogP contribution >= 0.6 is 0 Å². The lowest BCUT2D eigenvalue weighted by atomic mass is 9.66. The SMILES string of the molecule is c1ccc(Nc2ccc3c(c2)Oc2ccccc2C32c3ccccc3-c3c2ccc2ccccc32)cc1. The number of anilines is 2. The highest BCUT2D eigenvalue weighted by Gasteiger charge is 2.51. The average Bonchev–Trinajstić information content (AvgIpc) is 3.25. The number of hydrogen-bond acceptors (Lipinski definition) is 2. The second-order valence-electron chi connectivity index (χ2n) is 9.81. The summed E-state index contributed by atoms with van der Waals surface area (Å²) in [7, 11) is 0.